The topological polar surface area (TPSA) is 24.9 Å². The molecule has 0 amide bonds. The van der Waals surface area contributed by atoms with Gasteiger partial charge in [0, 0.05) is 42.8 Å². The van der Waals surface area contributed by atoms with Crippen LogP contribution in [-0.2, 0) is 0 Å². The lowest BCUT2D eigenvalue weighted by Gasteiger charge is -2.27. The van der Waals surface area contributed by atoms with Crippen LogP contribution in [0.5, 0.6) is 11.5 Å². The molecule has 0 N–H and O–H groups in total. The molecule has 0 fully saturated rings. The van der Waals surface area contributed by atoms with Crippen molar-refractivity contribution in [3.05, 3.63) is 224 Å². The van der Waals surface area contributed by atoms with Crippen molar-refractivity contribution in [2.75, 3.05) is 24.0 Å². The van der Waals surface area contributed by atoms with Crippen LogP contribution in [0.4, 0.5) is 34.1 Å². The molecule has 0 saturated heterocycles. The van der Waals surface area contributed by atoms with Gasteiger partial charge in [-0.3, -0.25) is 0 Å². The van der Waals surface area contributed by atoms with Crippen LogP contribution >= 0.6 is 9.24 Å². The Morgan fingerprint density at radius 2 is 0.657 bits per heavy atom. The predicted octanol–water partition coefficient (Wildman–Crippen LogP) is 17.3. The largest absolute Gasteiger partial charge is 0.497 e. The summed E-state index contributed by atoms with van der Waals surface area (Å²) in [6.45, 7) is 2.14. The second-order valence-corrected chi connectivity index (χ2v) is 19.1. The normalized spacial score (nSPS) is 11.8. The van der Waals surface area contributed by atoms with Gasteiger partial charge >= 0.3 is 0 Å². The number of hydrogen-bond acceptors (Lipinski definition) is 4. The highest BCUT2D eigenvalue weighted by Crippen LogP contribution is 2.57. The van der Waals surface area contributed by atoms with Crippen molar-refractivity contribution in [2.24, 2.45) is 0 Å². The Balaban J connectivity index is 1.17. The van der Waals surface area contributed by atoms with Crippen LogP contribution in [-0.4, -0.2) is 14.2 Å². The van der Waals surface area contributed by atoms with Gasteiger partial charge in [0.2, 0.25) is 0 Å². The monoisotopic (exact) mass is 919 g/mol. The van der Waals surface area contributed by atoms with E-state index in [4.69, 9.17) is 9.47 Å². The summed E-state index contributed by atoms with van der Waals surface area (Å²) in [4.78, 5) is 4.78. The number of methoxy groups -OCH3 is 2. The maximum atomic E-state index is 5.63. The van der Waals surface area contributed by atoms with Gasteiger partial charge in [-0.25, -0.2) is 0 Å². The molecule has 13 aromatic carbocycles. The van der Waals surface area contributed by atoms with E-state index in [1.165, 1.54) is 97.8 Å². The maximum absolute atomic E-state index is 5.63. The molecule has 0 aliphatic carbocycles. The first-order valence-corrected chi connectivity index (χ1v) is 24.5. The molecule has 0 spiro atoms. The molecule has 334 valence electrons. The third-order valence-corrected chi connectivity index (χ3v) is 14.8. The summed E-state index contributed by atoms with van der Waals surface area (Å²) < 4.78 is 11.3. The van der Waals surface area contributed by atoms with E-state index in [2.05, 4.69) is 211 Å². The van der Waals surface area contributed by atoms with Crippen molar-refractivity contribution in [1.82, 2.24) is 0 Å². The number of ether oxygens (including phenoxy) is 2. The van der Waals surface area contributed by atoms with Crippen LogP contribution in [0, 0.1) is 6.92 Å². The van der Waals surface area contributed by atoms with Crippen molar-refractivity contribution in [1.29, 1.82) is 0 Å². The molecule has 1 unspecified atom stereocenters. The van der Waals surface area contributed by atoms with Crippen molar-refractivity contribution in [3.63, 3.8) is 0 Å². The summed E-state index contributed by atoms with van der Waals surface area (Å²) in [6.07, 6.45) is 0. The minimum Gasteiger partial charge on any atom is -0.497 e. The van der Waals surface area contributed by atoms with Gasteiger partial charge in [-0.1, -0.05) is 127 Å². The standard InChI is InChI=1S/C65H47N2O2P/c1-40-20-22-43(23-21-40)66(44-24-30-47(68-2)31-25-44)56-38-36-54-60-50(56)16-10-18-52(60)62-58(41-12-6-4-7-13-41)63-53-19-11-17-51-57(67(46-28-34-49(70)35-29-46)45-26-32-48(69-3)33-27-45)39-37-55(61(51)53)65(63)59(64(54)62)42-14-8-5-9-15-42/h4-39H,70H2,1-3H3/p+1. The Morgan fingerprint density at radius 1 is 0.314 bits per heavy atom. The summed E-state index contributed by atoms with van der Waals surface area (Å²) in [5.41, 5.74) is 12.7. The first kappa shape index (κ1) is 41.7. The molecule has 5 heteroatoms. The zero-order valence-electron chi connectivity index (χ0n) is 39.2. The molecule has 0 aromatic heterocycles. The van der Waals surface area contributed by atoms with E-state index < -0.39 is 0 Å². The summed E-state index contributed by atoms with van der Waals surface area (Å²) in [7, 11) is 5.35. The SMILES string of the molecule is COc1ccc(N(c2ccc(C)cc2)c2ccc3c4c(-c5ccccc5)c5c6ccc(N(c7ccc([PH3+])cc7)c7ccc(OC)cc7)c7cccc(c5c(-c5ccccc5)c4c4cccc2c43)c76)cc1. The second kappa shape index (κ2) is 16.7. The second-order valence-electron chi connectivity index (χ2n) is 18.3. The quantitative estimate of drug-likeness (QED) is 0.128. The van der Waals surface area contributed by atoms with E-state index in [9.17, 15) is 0 Å². The van der Waals surface area contributed by atoms with Gasteiger partial charge in [0.25, 0.3) is 0 Å². The fourth-order valence-electron chi connectivity index (χ4n) is 11.3. The molecule has 13 rings (SSSR count). The Morgan fingerprint density at radius 3 is 1.04 bits per heavy atom. The summed E-state index contributed by atoms with van der Waals surface area (Å²) in [5, 5.41) is 16.3. The fourth-order valence-corrected chi connectivity index (χ4v) is 11.5. The molecule has 1 atom stereocenters. The number of rotatable bonds is 10. The van der Waals surface area contributed by atoms with E-state index in [0.717, 1.165) is 45.6 Å². The van der Waals surface area contributed by atoms with Crippen LogP contribution in [0.1, 0.15) is 5.56 Å². The third-order valence-electron chi connectivity index (χ3n) is 14.4. The highest BCUT2D eigenvalue weighted by atomic mass is 31.0. The lowest BCUT2D eigenvalue weighted by atomic mass is 9.87. The van der Waals surface area contributed by atoms with Gasteiger partial charge in [-0.15, -0.1) is 0 Å². The minimum atomic E-state index is 0.827. The van der Waals surface area contributed by atoms with Crippen LogP contribution < -0.4 is 24.6 Å². The van der Waals surface area contributed by atoms with Gasteiger partial charge in [0.1, 0.15) is 11.5 Å². The van der Waals surface area contributed by atoms with Crippen LogP contribution in [0.2, 0.25) is 0 Å². The molecular weight excluding hydrogens is 872 g/mol. The highest BCUT2D eigenvalue weighted by molar-refractivity contribution is 7.27. The summed E-state index contributed by atoms with van der Waals surface area (Å²) >= 11 is 0. The molecule has 0 saturated carbocycles. The molecule has 0 bridgehead atoms. The summed E-state index contributed by atoms with van der Waals surface area (Å²) in [6, 6.07) is 80.1. The Labute approximate surface area is 409 Å². The van der Waals surface area contributed by atoms with E-state index in [1.54, 1.807) is 14.2 Å². The number of anilines is 6. The molecule has 0 heterocycles. The van der Waals surface area contributed by atoms with Gasteiger partial charge < -0.3 is 19.3 Å². The van der Waals surface area contributed by atoms with Gasteiger partial charge in [-0.05, 0) is 180 Å². The molecule has 0 aliphatic heterocycles. The predicted molar refractivity (Wildman–Crippen MR) is 303 cm³/mol. The maximum Gasteiger partial charge on any atom is 0.119 e. The lowest BCUT2D eigenvalue weighted by Crippen LogP contribution is -2.11. The van der Waals surface area contributed by atoms with Gasteiger partial charge in [0.05, 0.1) is 30.9 Å². The van der Waals surface area contributed by atoms with Crippen LogP contribution in [0.15, 0.2) is 218 Å². The third kappa shape index (κ3) is 6.48. The molecule has 4 nitrogen and oxygen atoms in total. The number of hydrogen-bond donors (Lipinski definition) is 0. The van der Waals surface area contributed by atoms with E-state index in [0.29, 0.717) is 0 Å². The number of aryl methyl sites for hydroxylation is 1. The fraction of sp³-hybridized carbons (Fsp3) is 0.0462. The minimum absolute atomic E-state index is 0.827. The van der Waals surface area contributed by atoms with Crippen molar-refractivity contribution in [3.8, 4) is 33.8 Å². The molecule has 0 aliphatic rings. The van der Waals surface area contributed by atoms with E-state index in [-0.39, 0.29) is 0 Å². The average molecular weight is 920 g/mol. The van der Waals surface area contributed by atoms with E-state index in [1.807, 2.05) is 33.5 Å². The first-order valence-electron chi connectivity index (χ1n) is 23.8. The highest BCUT2D eigenvalue weighted by Gasteiger charge is 2.30. The first-order chi connectivity index (χ1) is 34.5. The van der Waals surface area contributed by atoms with Gasteiger partial charge in [0.15, 0.2) is 0 Å². The van der Waals surface area contributed by atoms with Crippen molar-refractivity contribution < 1.29 is 9.47 Å². The average Bonchev–Trinajstić information content (AvgIpc) is 3.93. The summed E-state index contributed by atoms with van der Waals surface area (Å²) in [5.74, 6) is 1.65. The Hall–Kier alpha value is -8.43. The Bertz CT molecular complexity index is 3740. The lowest BCUT2D eigenvalue weighted by molar-refractivity contribution is 0.414. The molecule has 70 heavy (non-hydrogen) atoms. The van der Waals surface area contributed by atoms with Gasteiger partial charge in [-0.2, -0.15) is 0 Å². The van der Waals surface area contributed by atoms with E-state index >= 15 is 0 Å². The number of nitrogens with zero attached hydrogens (tertiary/aromatic N) is 2. The van der Waals surface area contributed by atoms with Crippen molar-refractivity contribution in [2.45, 2.75) is 6.92 Å². The Kier molecular flexibility index (Phi) is 9.94. The number of fused-ring (bicyclic) bond motifs is 6. The molecular formula is C65H48N2O2P+. The zero-order chi connectivity index (χ0) is 47.0. The molecule has 13 aromatic rings. The molecule has 0 radical (unpaired) electrons. The van der Waals surface area contributed by atoms with Crippen LogP contribution in [0.25, 0.3) is 86.9 Å². The zero-order valence-corrected chi connectivity index (χ0v) is 40.6. The van der Waals surface area contributed by atoms with Crippen LogP contribution in [0.3, 0.4) is 0 Å². The number of benzene rings is 11. The van der Waals surface area contributed by atoms with Crippen molar-refractivity contribution >= 4 is 113 Å². The smallest absolute Gasteiger partial charge is 0.119 e.